The van der Waals surface area contributed by atoms with Crippen molar-refractivity contribution < 1.29 is 22.7 Å². The fourth-order valence-electron chi connectivity index (χ4n) is 3.45. The molecule has 2 amide bonds. The molecule has 9 heteroatoms. The molecule has 0 aromatic heterocycles. The number of aryl methyl sites for hydroxylation is 1. The van der Waals surface area contributed by atoms with Crippen molar-refractivity contribution in [2.45, 2.75) is 52.7 Å². The van der Waals surface area contributed by atoms with Gasteiger partial charge < -0.3 is 15.0 Å². The highest BCUT2D eigenvalue weighted by molar-refractivity contribution is 7.92. The van der Waals surface area contributed by atoms with E-state index in [-0.39, 0.29) is 24.2 Å². The topological polar surface area (TPSA) is 96.0 Å². The van der Waals surface area contributed by atoms with Gasteiger partial charge >= 0.3 is 0 Å². The molecular weight excluding hydrogens is 454 g/mol. The summed E-state index contributed by atoms with van der Waals surface area (Å²) in [5, 5.41) is 2.91. The number of benzene rings is 2. The molecule has 1 N–H and O–H groups in total. The van der Waals surface area contributed by atoms with Gasteiger partial charge in [0.15, 0.2) is 0 Å². The second-order valence-electron chi connectivity index (χ2n) is 8.38. The van der Waals surface area contributed by atoms with Crippen LogP contribution in [0.5, 0.6) is 5.75 Å². The fourth-order valence-corrected chi connectivity index (χ4v) is 4.30. The molecule has 0 aliphatic rings. The van der Waals surface area contributed by atoms with Crippen LogP contribution in [0.4, 0.5) is 5.69 Å². The minimum atomic E-state index is -3.82. The van der Waals surface area contributed by atoms with Crippen LogP contribution in [0, 0.1) is 6.92 Å². The Morgan fingerprint density at radius 1 is 1.06 bits per heavy atom. The maximum atomic E-state index is 13.6. The first-order valence-corrected chi connectivity index (χ1v) is 13.1. The summed E-state index contributed by atoms with van der Waals surface area (Å²) in [6.45, 7) is 7.14. The van der Waals surface area contributed by atoms with Gasteiger partial charge in [0.1, 0.15) is 18.3 Å². The lowest BCUT2D eigenvalue weighted by Gasteiger charge is -2.32. The number of methoxy groups -OCH3 is 1. The zero-order valence-corrected chi connectivity index (χ0v) is 21.6. The van der Waals surface area contributed by atoms with Crippen LogP contribution in [-0.2, 0) is 26.2 Å². The summed E-state index contributed by atoms with van der Waals surface area (Å²) < 4.78 is 31.7. The lowest BCUT2D eigenvalue weighted by Crippen LogP contribution is -2.52. The first-order chi connectivity index (χ1) is 16.0. The first-order valence-electron chi connectivity index (χ1n) is 11.2. The maximum Gasteiger partial charge on any atom is 0.244 e. The van der Waals surface area contributed by atoms with E-state index in [4.69, 9.17) is 4.74 Å². The van der Waals surface area contributed by atoms with E-state index in [9.17, 15) is 18.0 Å². The number of rotatable bonds is 11. The second-order valence-corrected chi connectivity index (χ2v) is 10.3. The fraction of sp³-hybridized carbons (Fsp3) is 0.440. The highest BCUT2D eigenvalue weighted by Crippen LogP contribution is 2.29. The molecule has 2 aromatic carbocycles. The third-order valence-electron chi connectivity index (χ3n) is 5.80. The molecule has 0 bridgehead atoms. The van der Waals surface area contributed by atoms with E-state index in [0.29, 0.717) is 5.75 Å². The Kier molecular flexibility index (Phi) is 9.49. The van der Waals surface area contributed by atoms with E-state index in [0.717, 1.165) is 28.1 Å². The predicted molar refractivity (Wildman–Crippen MR) is 134 cm³/mol. The smallest absolute Gasteiger partial charge is 0.244 e. The van der Waals surface area contributed by atoms with E-state index in [1.165, 1.54) is 12.0 Å². The van der Waals surface area contributed by atoms with Crippen LogP contribution in [0.15, 0.2) is 48.5 Å². The van der Waals surface area contributed by atoms with Crippen molar-refractivity contribution in [1.82, 2.24) is 10.2 Å². The third kappa shape index (κ3) is 6.96. The Balaban J connectivity index is 2.44. The number of amides is 2. The van der Waals surface area contributed by atoms with E-state index in [1.807, 2.05) is 45.0 Å². The second kappa shape index (κ2) is 11.9. The molecule has 0 saturated heterocycles. The summed E-state index contributed by atoms with van der Waals surface area (Å²) in [5.74, 6) is -0.459. The van der Waals surface area contributed by atoms with Gasteiger partial charge in [-0.3, -0.25) is 13.9 Å². The summed E-state index contributed by atoms with van der Waals surface area (Å²) in [4.78, 5) is 27.9. The van der Waals surface area contributed by atoms with Crippen molar-refractivity contribution in [3.8, 4) is 5.75 Å². The molecule has 0 saturated carbocycles. The largest absolute Gasteiger partial charge is 0.495 e. The summed E-state index contributed by atoms with van der Waals surface area (Å²) >= 11 is 0. The Morgan fingerprint density at radius 2 is 1.68 bits per heavy atom. The average Bonchev–Trinajstić information content (AvgIpc) is 2.80. The summed E-state index contributed by atoms with van der Waals surface area (Å²) in [7, 11) is -2.39. The van der Waals surface area contributed by atoms with Gasteiger partial charge in [-0.1, -0.05) is 43.3 Å². The van der Waals surface area contributed by atoms with E-state index in [1.54, 1.807) is 31.2 Å². The lowest BCUT2D eigenvalue weighted by molar-refractivity contribution is -0.139. The van der Waals surface area contributed by atoms with Crippen LogP contribution in [0.2, 0.25) is 0 Å². The zero-order chi connectivity index (χ0) is 25.5. The molecule has 34 heavy (non-hydrogen) atoms. The highest BCUT2D eigenvalue weighted by atomic mass is 32.2. The molecule has 2 atom stereocenters. The van der Waals surface area contributed by atoms with Crippen LogP contribution < -0.4 is 14.4 Å². The third-order valence-corrected chi connectivity index (χ3v) is 6.93. The number of carbonyl (C=O) groups is 2. The number of hydrogen-bond acceptors (Lipinski definition) is 5. The Bertz CT molecular complexity index is 1100. The van der Waals surface area contributed by atoms with Gasteiger partial charge in [-0.15, -0.1) is 0 Å². The molecule has 0 heterocycles. The predicted octanol–water partition coefficient (Wildman–Crippen LogP) is 3.10. The van der Waals surface area contributed by atoms with Crippen LogP contribution >= 0.6 is 0 Å². The summed E-state index contributed by atoms with van der Waals surface area (Å²) in [5.41, 5.74) is 2.11. The molecule has 0 fully saturated rings. The normalized spacial score (nSPS) is 13.0. The van der Waals surface area contributed by atoms with Crippen LogP contribution in [0.25, 0.3) is 0 Å². The van der Waals surface area contributed by atoms with Gasteiger partial charge in [0.2, 0.25) is 21.8 Å². The van der Waals surface area contributed by atoms with Crippen molar-refractivity contribution in [3.05, 3.63) is 59.7 Å². The zero-order valence-electron chi connectivity index (χ0n) is 20.7. The van der Waals surface area contributed by atoms with Gasteiger partial charge in [0.25, 0.3) is 0 Å². The minimum Gasteiger partial charge on any atom is -0.495 e. The number of nitrogens with zero attached hydrogens (tertiary/aromatic N) is 2. The molecule has 186 valence electrons. The molecule has 2 rings (SSSR count). The molecule has 0 aliphatic heterocycles. The monoisotopic (exact) mass is 489 g/mol. The van der Waals surface area contributed by atoms with Crippen molar-refractivity contribution in [2.75, 3.05) is 24.2 Å². The van der Waals surface area contributed by atoms with E-state index < -0.39 is 28.5 Å². The number of para-hydroxylation sites is 2. The van der Waals surface area contributed by atoms with Gasteiger partial charge in [0.05, 0.1) is 19.1 Å². The van der Waals surface area contributed by atoms with E-state index >= 15 is 0 Å². The van der Waals surface area contributed by atoms with Gasteiger partial charge in [-0.2, -0.15) is 0 Å². The van der Waals surface area contributed by atoms with Crippen LogP contribution in [-0.4, -0.2) is 57.1 Å². The lowest BCUT2D eigenvalue weighted by atomic mass is 10.1. The molecular formula is C25H35N3O5S. The van der Waals surface area contributed by atoms with Crippen molar-refractivity contribution in [2.24, 2.45) is 0 Å². The number of carbonyl (C=O) groups excluding carboxylic acids is 2. The molecule has 0 aliphatic carbocycles. The molecule has 0 radical (unpaired) electrons. The quantitative estimate of drug-likeness (QED) is 0.523. The Labute approximate surface area is 202 Å². The van der Waals surface area contributed by atoms with Crippen LogP contribution in [0.3, 0.4) is 0 Å². The summed E-state index contributed by atoms with van der Waals surface area (Å²) in [6, 6.07) is 13.3. The molecule has 0 unspecified atom stereocenters. The maximum absolute atomic E-state index is 13.6. The number of hydrogen-bond donors (Lipinski definition) is 1. The SMILES string of the molecule is CC[C@H](C)NC(=O)[C@H](C)N(Cc1ccccc1C)C(=O)CN(c1ccccc1OC)S(C)(=O)=O. The number of anilines is 1. The average molecular weight is 490 g/mol. The van der Waals surface area contributed by atoms with Gasteiger partial charge in [-0.05, 0) is 50.5 Å². The van der Waals surface area contributed by atoms with Crippen molar-refractivity contribution >= 4 is 27.5 Å². The van der Waals surface area contributed by atoms with Gasteiger partial charge in [0, 0.05) is 12.6 Å². The van der Waals surface area contributed by atoms with Crippen molar-refractivity contribution in [1.29, 1.82) is 0 Å². The Hall–Kier alpha value is -3.07. The minimum absolute atomic E-state index is 0.0496. The Morgan fingerprint density at radius 3 is 2.26 bits per heavy atom. The number of sulfonamides is 1. The summed E-state index contributed by atoms with van der Waals surface area (Å²) in [6.07, 6.45) is 1.79. The standard InChI is InChI=1S/C25H35N3O5S/c1-7-19(3)26-25(30)20(4)27(16-21-13-9-8-12-18(21)2)24(29)17-28(34(6,31)32)22-14-10-11-15-23(22)33-5/h8-15,19-20H,7,16-17H2,1-6H3,(H,26,30)/t19-,20-/m0/s1. The number of ether oxygens (including phenoxy) is 1. The molecule has 2 aromatic rings. The number of nitrogens with one attached hydrogen (secondary N) is 1. The van der Waals surface area contributed by atoms with Gasteiger partial charge in [-0.25, -0.2) is 8.42 Å². The first kappa shape index (κ1) is 27.2. The van der Waals surface area contributed by atoms with E-state index in [2.05, 4.69) is 5.32 Å². The molecule has 0 spiro atoms. The van der Waals surface area contributed by atoms with Crippen LogP contribution in [0.1, 0.15) is 38.3 Å². The highest BCUT2D eigenvalue weighted by Gasteiger charge is 2.31. The molecule has 8 nitrogen and oxygen atoms in total. The van der Waals surface area contributed by atoms with Crippen molar-refractivity contribution in [3.63, 3.8) is 0 Å².